The van der Waals surface area contributed by atoms with Crippen molar-refractivity contribution in [3.63, 3.8) is 0 Å². The van der Waals surface area contributed by atoms with Crippen molar-refractivity contribution < 1.29 is 14.3 Å². The molecule has 1 amide bonds. The van der Waals surface area contributed by atoms with Crippen LogP contribution in [0.3, 0.4) is 0 Å². The predicted molar refractivity (Wildman–Crippen MR) is 103 cm³/mol. The molecule has 2 aromatic heterocycles. The van der Waals surface area contributed by atoms with Gasteiger partial charge < -0.3 is 19.4 Å². The van der Waals surface area contributed by atoms with Gasteiger partial charge in [-0.2, -0.15) is 0 Å². The lowest BCUT2D eigenvalue weighted by molar-refractivity contribution is 0.0526. The highest BCUT2D eigenvalue weighted by Crippen LogP contribution is 2.21. The maximum atomic E-state index is 11.8. The van der Waals surface area contributed by atoms with Crippen molar-refractivity contribution >= 4 is 23.5 Å². The Kier molecular flexibility index (Phi) is 6.79. The van der Waals surface area contributed by atoms with Gasteiger partial charge in [0.25, 0.3) is 0 Å². The van der Waals surface area contributed by atoms with Gasteiger partial charge in [-0.05, 0) is 45.4 Å². The Hall–Kier alpha value is -2.61. The maximum absolute atomic E-state index is 11.8. The second-order valence-electron chi connectivity index (χ2n) is 6.64. The SMILES string of the molecule is C=C(OCC)c1nc(-c2ccnc(Cl)n2)cn1CCNC(=O)OC(C)(C)C. The fraction of sp³-hybridized carbons (Fsp3) is 0.444. The Morgan fingerprint density at radius 1 is 1.33 bits per heavy atom. The molecule has 0 radical (unpaired) electrons. The summed E-state index contributed by atoms with van der Waals surface area (Å²) >= 11 is 5.86. The zero-order valence-corrected chi connectivity index (χ0v) is 16.7. The van der Waals surface area contributed by atoms with E-state index in [1.165, 1.54) is 0 Å². The molecule has 0 bridgehead atoms. The first-order valence-corrected chi connectivity index (χ1v) is 8.92. The molecule has 0 spiro atoms. The second-order valence-corrected chi connectivity index (χ2v) is 6.98. The van der Waals surface area contributed by atoms with E-state index >= 15 is 0 Å². The van der Waals surface area contributed by atoms with E-state index in [2.05, 4.69) is 26.8 Å². The Balaban J connectivity index is 2.16. The molecule has 0 saturated carbocycles. The largest absolute Gasteiger partial charge is 0.491 e. The van der Waals surface area contributed by atoms with Gasteiger partial charge in [0.05, 0.1) is 12.3 Å². The zero-order valence-electron chi connectivity index (χ0n) is 16.0. The third-order valence-electron chi connectivity index (χ3n) is 3.25. The fourth-order valence-corrected chi connectivity index (χ4v) is 2.39. The summed E-state index contributed by atoms with van der Waals surface area (Å²) in [4.78, 5) is 24.4. The molecule has 146 valence electrons. The van der Waals surface area contributed by atoms with Crippen LogP contribution in [-0.4, -0.2) is 44.4 Å². The lowest BCUT2D eigenvalue weighted by atomic mass is 10.2. The van der Waals surface area contributed by atoms with Crippen molar-refractivity contribution in [2.24, 2.45) is 0 Å². The molecule has 0 saturated heterocycles. The summed E-state index contributed by atoms with van der Waals surface area (Å²) in [6, 6.07) is 1.71. The van der Waals surface area contributed by atoms with Gasteiger partial charge in [0.1, 0.15) is 11.3 Å². The molecule has 0 aliphatic heterocycles. The summed E-state index contributed by atoms with van der Waals surface area (Å²) in [5.41, 5.74) is 0.638. The highest BCUT2D eigenvalue weighted by atomic mass is 35.5. The minimum atomic E-state index is -0.549. The number of hydrogen-bond acceptors (Lipinski definition) is 6. The van der Waals surface area contributed by atoms with Gasteiger partial charge in [-0.1, -0.05) is 6.58 Å². The van der Waals surface area contributed by atoms with E-state index < -0.39 is 11.7 Å². The smallest absolute Gasteiger partial charge is 0.407 e. The molecule has 0 fully saturated rings. The van der Waals surface area contributed by atoms with Crippen molar-refractivity contribution in [3.05, 3.63) is 36.1 Å². The lowest BCUT2D eigenvalue weighted by Crippen LogP contribution is -2.34. The summed E-state index contributed by atoms with van der Waals surface area (Å²) in [6.45, 7) is 12.5. The standard InChI is InChI=1S/C18H24ClN5O3/c1-6-26-12(2)15-22-14(13-7-8-20-16(19)23-13)11-24(15)10-9-21-17(25)27-18(3,4)5/h7-8,11H,2,6,9-10H2,1,3-5H3,(H,21,25). The first-order valence-electron chi connectivity index (χ1n) is 8.54. The van der Waals surface area contributed by atoms with Crippen LogP contribution in [0.5, 0.6) is 0 Å². The van der Waals surface area contributed by atoms with Gasteiger partial charge in [0.15, 0.2) is 11.6 Å². The van der Waals surface area contributed by atoms with Crippen LogP contribution in [-0.2, 0) is 16.0 Å². The van der Waals surface area contributed by atoms with E-state index in [9.17, 15) is 4.79 Å². The van der Waals surface area contributed by atoms with Gasteiger partial charge in [0.2, 0.25) is 5.28 Å². The number of hydrogen-bond donors (Lipinski definition) is 1. The van der Waals surface area contributed by atoms with Crippen molar-refractivity contribution in [2.45, 2.75) is 39.8 Å². The van der Waals surface area contributed by atoms with Crippen molar-refractivity contribution in [1.82, 2.24) is 24.8 Å². The van der Waals surface area contributed by atoms with E-state index in [-0.39, 0.29) is 5.28 Å². The Morgan fingerprint density at radius 2 is 2.07 bits per heavy atom. The zero-order chi connectivity index (χ0) is 20.0. The number of imidazole rings is 1. The molecule has 0 atom stereocenters. The normalized spacial score (nSPS) is 11.1. The first kappa shape index (κ1) is 20.7. The predicted octanol–water partition coefficient (Wildman–Crippen LogP) is 3.53. The van der Waals surface area contributed by atoms with E-state index in [1.54, 1.807) is 18.5 Å². The first-order chi connectivity index (χ1) is 12.7. The van der Waals surface area contributed by atoms with E-state index in [0.29, 0.717) is 42.7 Å². The van der Waals surface area contributed by atoms with Gasteiger partial charge in [-0.15, -0.1) is 0 Å². The Morgan fingerprint density at radius 3 is 2.70 bits per heavy atom. The third kappa shape index (κ3) is 6.25. The number of rotatable bonds is 7. The van der Waals surface area contributed by atoms with Gasteiger partial charge in [0, 0.05) is 25.5 Å². The summed E-state index contributed by atoms with van der Waals surface area (Å²) < 4.78 is 12.6. The molecule has 1 N–H and O–H groups in total. The van der Waals surface area contributed by atoms with Crippen molar-refractivity contribution in [2.75, 3.05) is 13.2 Å². The molecule has 0 aromatic carbocycles. The van der Waals surface area contributed by atoms with Gasteiger partial charge in [-0.25, -0.2) is 19.7 Å². The molecule has 2 aromatic rings. The van der Waals surface area contributed by atoms with Gasteiger partial charge >= 0.3 is 6.09 Å². The Bertz CT molecular complexity index is 814. The summed E-state index contributed by atoms with van der Waals surface area (Å²) in [6.07, 6.45) is 2.88. The van der Waals surface area contributed by atoms with E-state index in [0.717, 1.165) is 0 Å². The second kappa shape index (κ2) is 8.85. The van der Waals surface area contributed by atoms with E-state index in [1.807, 2.05) is 32.3 Å². The van der Waals surface area contributed by atoms with Gasteiger partial charge in [-0.3, -0.25) is 0 Å². The maximum Gasteiger partial charge on any atom is 0.407 e. The number of ether oxygens (including phenoxy) is 2. The molecule has 0 aliphatic rings. The van der Waals surface area contributed by atoms with Crippen LogP contribution in [0.1, 0.15) is 33.5 Å². The summed E-state index contributed by atoms with van der Waals surface area (Å²) in [7, 11) is 0. The quantitative estimate of drug-likeness (QED) is 0.571. The van der Waals surface area contributed by atoms with Crippen LogP contribution in [0, 0.1) is 0 Å². The molecule has 0 aliphatic carbocycles. The average Bonchev–Trinajstić information content (AvgIpc) is 2.98. The topological polar surface area (TPSA) is 91.2 Å². The monoisotopic (exact) mass is 393 g/mol. The van der Waals surface area contributed by atoms with Crippen LogP contribution < -0.4 is 5.32 Å². The van der Waals surface area contributed by atoms with Crippen LogP contribution in [0.4, 0.5) is 4.79 Å². The number of nitrogens with one attached hydrogen (secondary N) is 1. The average molecular weight is 394 g/mol. The molecule has 2 rings (SSSR count). The minimum Gasteiger partial charge on any atom is -0.491 e. The van der Waals surface area contributed by atoms with Crippen LogP contribution >= 0.6 is 11.6 Å². The number of carbonyl (C=O) groups is 1. The molecule has 9 heteroatoms. The Labute approximate surface area is 163 Å². The molecule has 8 nitrogen and oxygen atoms in total. The highest BCUT2D eigenvalue weighted by Gasteiger charge is 2.17. The van der Waals surface area contributed by atoms with Crippen LogP contribution in [0.2, 0.25) is 5.28 Å². The van der Waals surface area contributed by atoms with Crippen molar-refractivity contribution in [3.8, 4) is 11.4 Å². The van der Waals surface area contributed by atoms with Crippen molar-refractivity contribution in [1.29, 1.82) is 0 Å². The molecule has 27 heavy (non-hydrogen) atoms. The van der Waals surface area contributed by atoms with Crippen LogP contribution in [0.15, 0.2) is 25.0 Å². The summed E-state index contributed by atoms with van der Waals surface area (Å²) in [5, 5.41) is 2.85. The third-order valence-corrected chi connectivity index (χ3v) is 3.44. The minimum absolute atomic E-state index is 0.138. The van der Waals surface area contributed by atoms with Crippen LogP contribution in [0.25, 0.3) is 17.1 Å². The number of carbonyl (C=O) groups excluding carboxylic acids is 1. The number of alkyl carbamates (subject to hydrolysis) is 1. The highest BCUT2D eigenvalue weighted by molar-refractivity contribution is 6.28. The summed E-state index contributed by atoms with van der Waals surface area (Å²) in [5.74, 6) is 0.980. The number of amides is 1. The number of halogens is 1. The lowest BCUT2D eigenvalue weighted by Gasteiger charge is -2.19. The number of aromatic nitrogens is 4. The molecule has 0 unspecified atom stereocenters. The number of nitrogens with zero attached hydrogens (tertiary/aromatic N) is 4. The molecular weight excluding hydrogens is 370 g/mol. The van der Waals surface area contributed by atoms with E-state index in [4.69, 9.17) is 21.1 Å². The fourth-order valence-electron chi connectivity index (χ4n) is 2.24. The molecule has 2 heterocycles. The molecular formula is C18H24ClN5O3.